The average Bonchev–Trinajstić information content (AvgIpc) is 2.27. The summed E-state index contributed by atoms with van der Waals surface area (Å²) in [6.45, 7) is 14.3. The van der Waals surface area contributed by atoms with Gasteiger partial charge in [0.05, 0.1) is 5.54 Å². The summed E-state index contributed by atoms with van der Waals surface area (Å²) in [7, 11) is 0. The van der Waals surface area contributed by atoms with E-state index in [9.17, 15) is 0 Å². The second-order valence-electron chi connectivity index (χ2n) is 6.77. The van der Waals surface area contributed by atoms with Gasteiger partial charge >= 0.3 is 0 Å². The van der Waals surface area contributed by atoms with Crippen molar-refractivity contribution in [2.45, 2.75) is 40.2 Å². The zero-order chi connectivity index (χ0) is 14.5. The first-order valence-electron chi connectivity index (χ1n) is 7.38. The number of nitrogens with zero attached hydrogens (tertiary/aromatic N) is 1. The van der Waals surface area contributed by atoms with Gasteiger partial charge in [-0.25, -0.2) is 0 Å². The van der Waals surface area contributed by atoms with Crippen LogP contribution in [0.2, 0.25) is 0 Å². The molecule has 2 nitrogen and oxygen atoms in total. The maximum atomic E-state index is 6.55. The zero-order valence-electron chi connectivity index (χ0n) is 13.2. The molecule has 1 aromatic carbocycles. The number of rotatable bonds is 7. The summed E-state index contributed by atoms with van der Waals surface area (Å²) in [6.07, 6.45) is 0. The van der Waals surface area contributed by atoms with Crippen LogP contribution in [0.1, 0.15) is 40.2 Å². The van der Waals surface area contributed by atoms with Crippen molar-refractivity contribution in [2.75, 3.05) is 19.6 Å². The van der Waals surface area contributed by atoms with E-state index in [0.29, 0.717) is 11.8 Å². The summed E-state index contributed by atoms with van der Waals surface area (Å²) in [5.41, 5.74) is 7.48. The largest absolute Gasteiger partial charge is 0.321 e. The van der Waals surface area contributed by atoms with E-state index in [1.165, 1.54) is 5.56 Å². The zero-order valence-corrected chi connectivity index (χ0v) is 13.2. The average molecular weight is 262 g/mol. The molecule has 0 aromatic heterocycles. The topological polar surface area (TPSA) is 29.3 Å². The third-order valence-corrected chi connectivity index (χ3v) is 3.23. The Balaban J connectivity index is 2.76. The lowest BCUT2D eigenvalue weighted by molar-refractivity contribution is 0.178. The minimum Gasteiger partial charge on any atom is -0.321 e. The van der Waals surface area contributed by atoms with E-state index in [0.717, 1.165) is 19.6 Å². The molecule has 1 aromatic rings. The van der Waals surface area contributed by atoms with Crippen molar-refractivity contribution in [3.63, 3.8) is 0 Å². The van der Waals surface area contributed by atoms with Crippen molar-refractivity contribution in [1.29, 1.82) is 0 Å². The van der Waals surface area contributed by atoms with E-state index in [4.69, 9.17) is 5.73 Å². The molecule has 0 aliphatic carbocycles. The summed E-state index contributed by atoms with van der Waals surface area (Å²) in [5, 5.41) is 0. The van der Waals surface area contributed by atoms with Gasteiger partial charge in [0.15, 0.2) is 0 Å². The highest BCUT2D eigenvalue weighted by Gasteiger charge is 2.25. The van der Waals surface area contributed by atoms with Crippen LogP contribution in [0.5, 0.6) is 0 Å². The molecule has 2 heteroatoms. The minimum absolute atomic E-state index is 0.287. The van der Waals surface area contributed by atoms with Gasteiger partial charge < -0.3 is 10.6 Å². The third-order valence-electron chi connectivity index (χ3n) is 3.23. The molecule has 0 radical (unpaired) electrons. The van der Waals surface area contributed by atoms with Gasteiger partial charge in [-0.05, 0) is 24.3 Å². The third kappa shape index (κ3) is 5.75. The van der Waals surface area contributed by atoms with Crippen LogP contribution in [0.25, 0.3) is 0 Å². The molecule has 1 rings (SSSR count). The predicted octanol–water partition coefficient (Wildman–Crippen LogP) is 3.47. The van der Waals surface area contributed by atoms with E-state index in [2.05, 4.69) is 63.8 Å². The van der Waals surface area contributed by atoms with Crippen LogP contribution >= 0.6 is 0 Å². The van der Waals surface area contributed by atoms with Crippen molar-refractivity contribution >= 4 is 0 Å². The standard InChI is InChI=1S/C17H30N2/c1-14(2)11-19(12-15(3)4)13-17(5,18)16-9-7-6-8-10-16/h6-10,14-15H,11-13,18H2,1-5H3. The highest BCUT2D eigenvalue weighted by atomic mass is 15.1. The van der Waals surface area contributed by atoms with Gasteiger partial charge in [0.1, 0.15) is 0 Å². The van der Waals surface area contributed by atoms with Crippen LogP contribution in [0, 0.1) is 11.8 Å². The summed E-state index contributed by atoms with van der Waals surface area (Å²) in [6, 6.07) is 10.4. The van der Waals surface area contributed by atoms with E-state index in [-0.39, 0.29) is 5.54 Å². The molecule has 0 fully saturated rings. The number of hydrogen-bond donors (Lipinski definition) is 1. The van der Waals surface area contributed by atoms with Crippen LogP contribution in [0.4, 0.5) is 0 Å². The van der Waals surface area contributed by atoms with E-state index < -0.39 is 0 Å². The fourth-order valence-corrected chi connectivity index (χ4v) is 2.61. The second kappa shape index (κ2) is 7.06. The molecule has 0 bridgehead atoms. The monoisotopic (exact) mass is 262 g/mol. The molecule has 1 atom stereocenters. The van der Waals surface area contributed by atoms with E-state index in [1.54, 1.807) is 0 Å². The predicted molar refractivity (Wildman–Crippen MR) is 84.1 cm³/mol. The molecule has 0 saturated carbocycles. The molecule has 2 N–H and O–H groups in total. The summed E-state index contributed by atoms with van der Waals surface area (Å²) < 4.78 is 0. The Bertz CT molecular complexity index is 345. The fourth-order valence-electron chi connectivity index (χ4n) is 2.61. The van der Waals surface area contributed by atoms with Crippen molar-refractivity contribution in [2.24, 2.45) is 17.6 Å². The summed E-state index contributed by atoms with van der Waals surface area (Å²) in [4.78, 5) is 2.50. The molecule has 0 aliphatic heterocycles. The lowest BCUT2D eigenvalue weighted by Crippen LogP contribution is -2.47. The smallest absolute Gasteiger partial charge is 0.0509 e. The molecule has 108 valence electrons. The first kappa shape index (κ1) is 16.2. The van der Waals surface area contributed by atoms with Gasteiger partial charge in [-0.1, -0.05) is 58.0 Å². The minimum atomic E-state index is -0.287. The molecule has 0 spiro atoms. The van der Waals surface area contributed by atoms with Crippen molar-refractivity contribution in [3.05, 3.63) is 35.9 Å². The lowest BCUT2D eigenvalue weighted by atomic mass is 9.92. The van der Waals surface area contributed by atoms with Gasteiger partial charge in [0.2, 0.25) is 0 Å². The first-order valence-corrected chi connectivity index (χ1v) is 7.38. The highest BCUT2D eigenvalue weighted by molar-refractivity contribution is 5.23. The molecule has 19 heavy (non-hydrogen) atoms. The van der Waals surface area contributed by atoms with Gasteiger partial charge in [-0.15, -0.1) is 0 Å². The Hall–Kier alpha value is -0.860. The van der Waals surface area contributed by atoms with Gasteiger partial charge in [0, 0.05) is 19.6 Å². The molecule has 0 amide bonds. The van der Waals surface area contributed by atoms with Crippen LogP contribution in [-0.2, 0) is 5.54 Å². The Kier molecular flexibility index (Phi) is 6.02. The Morgan fingerprint density at radius 2 is 1.47 bits per heavy atom. The van der Waals surface area contributed by atoms with E-state index >= 15 is 0 Å². The molecular weight excluding hydrogens is 232 g/mol. The van der Waals surface area contributed by atoms with Gasteiger partial charge in [-0.3, -0.25) is 0 Å². The molecule has 1 unspecified atom stereocenters. The quantitative estimate of drug-likeness (QED) is 0.815. The molecular formula is C17H30N2. The highest BCUT2D eigenvalue weighted by Crippen LogP contribution is 2.20. The molecule has 0 saturated heterocycles. The maximum Gasteiger partial charge on any atom is 0.0509 e. The van der Waals surface area contributed by atoms with Crippen LogP contribution < -0.4 is 5.73 Å². The van der Waals surface area contributed by atoms with Crippen molar-refractivity contribution < 1.29 is 0 Å². The molecule has 0 heterocycles. The van der Waals surface area contributed by atoms with Crippen molar-refractivity contribution in [1.82, 2.24) is 4.90 Å². The number of hydrogen-bond acceptors (Lipinski definition) is 2. The SMILES string of the molecule is CC(C)CN(CC(C)C)CC(C)(N)c1ccccc1. The van der Waals surface area contributed by atoms with Crippen LogP contribution in [0.15, 0.2) is 30.3 Å². The molecule has 0 aliphatic rings. The second-order valence-corrected chi connectivity index (χ2v) is 6.77. The fraction of sp³-hybridized carbons (Fsp3) is 0.647. The number of benzene rings is 1. The van der Waals surface area contributed by atoms with Crippen LogP contribution in [0.3, 0.4) is 0 Å². The lowest BCUT2D eigenvalue weighted by Gasteiger charge is -2.35. The Morgan fingerprint density at radius 3 is 1.89 bits per heavy atom. The van der Waals surface area contributed by atoms with Crippen LogP contribution in [-0.4, -0.2) is 24.5 Å². The first-order chi connectivity index (χ1) is 8.81. The van der Waals surface area contributed by atoms with Gasteiger partial charge in [0.25, 0.3) is 0 Å². The number of nitrogens with two attached hydrogens (primary N) is 1. The van der Waals surface area contributed by atoms with E-state index in [1.807, 2.05) is 6.07 Å². The summed E-state index contributed by atoms with van der Waals surface area (Å²) >= 11 is 0. The Morgan fingerprint density at radius 1 is 1.00 bits per heavy atom. The van der Waals surface area contributed by atoms with Gasteiger partial charge in [-0.2, -0.15) is 0 Å². The maximum absolute atomic E-state index is 6.55. The normalized spacial score (nSPS) is 15.2. The summed E-state index contributed by atoms with van der Waals surface area (Å²) in [5.74, 6) is 1.34. The Labute approximate surface area is 119 Å². The van der Waals surface area contributed by atoms with Crippen molar-refractivity contribution in [3.8, 4) is 0 Å².